The molecule has 1 amide bonds. The maximum Gasteiger partial charge on any atom is 0.329 e. The molecule has 1 aliphatic heterocycles. The van der Waals surface area contributed by atoms with Crippen LogP contribution in [0.3, 0.4) is 0 Å². The summed E-state index contributed by atoms with van der Waals surface area (Å²) in [6.07, 6.45) is 1.29. The zero-order chi connectivity index (χ0) is 12.4. The number of hydrogen-bond donors (Lipinski definition) is 3. The molecule has 1 aliphatic rings. The van der Waals surface area contributed by atoms with Crippen LogP contribution in [0.2, 0.25) is 0 Å². The first-order chi connectivity index (χ1) is 8.06. The maximum atomic E-state index is 11.0. The molecule has 0 saturated carbocycles. The highest BCUT2D eigenvalue weighted by Crippen LogP contribution is 2.22. The Labute approximate surface area is 95.6 Å². The van der Waals surface area contributed by atoms with Crippen LogP contribution in [0.1, 0.15) is 6.42 Å². The number of anilines is 2. The van der Waals surface area contributed by atoms with Gasteiger partial charge in [-0.15, -0.1) is 0 Å². The lowest BCUT2D eigenvalue weighted by molar-refractivity contribution is -0.384. The molecule has 17 heavy (non-hydrogen) atoms. The molecule has 1 fully saturated rings. The van der Waals surface area contributed by atoms with Crippen molar-refractivity contribution in [2.24, 2.45) is 0 Å². The number of rotatable bonds is 3. The molecule has 1 atom stereocenters. The van der Waals surface area contributed by atoms with E-state index in [2.05, 4.69) is 20.6 Å². The molecule has 2 heterocycles. The van der Waals surface area contributed by atoms with E-state index < -0.39 is 4.92 Å². The quantitative estimate of drug-likeness (QED) is 0.466. The Kier molecular flexibility index (Phi) is 2.73. The van der Waals surface area contributed by atoms with Crippen molar-refractivity contribution in [1.29, 1.82) is 0 Å². The summed E-state index contributed by atoms with van der Waals surface area (Å²) in [5.74, 6) is -0.133. The summed E-state index contributed by atoms with van der Waals surface area (Å²) in [7, 11) is 0. The van der Waals surface area contributed by atoms with Gasteiger partial charge in [-0.2, -0.15) is 4.98 Å². The first-order valence-electron chi connectivity index (χ1n) is 4.86. The van der Waals surface area contributed by atoms with Crippen LogP contribution >= 0.6 is 0 Å². The lowest BCUT2D eigenvalue weighted by atomic mass is 10.2. The summed E-state index contributed by atoms with van der Waals surface area (Å²) in [4.78, 5) is 28.4. The fraction of sp³-hybridized carbons (Fsp3) is 0.375. The molecule has 90 valence electrons. The Morgan fingerprint density at radius 3 is 3.00 bits per heavy atom. The highest BCUT2D eigenvalue weighted by Gasteiger charge is 2.25. The van der Waals surface area contributed by atoms with Gasteiger partial charge in [0.05, 0.1) is 11.0 Å². The molecule has 1 unspecified atom stereocenters. The Hall–Kier alpha value is -2.45. The molecule has 4 N–H and O–H groups in total. The summed E-state index contributed by atoms with van der Waals surface area (Å²) < 4.78 is 0. The fourth-order valence-corrected chi connectivity index (χ4v) is 1.53. The predicted molar refractivity (Wildman–Crippen MR) is 58.1 cm³/mol. The zero-order valence-corrected chi connectivity index (χ0v) is 8.71. The van der Waals surface area contributed by atoms with E-state index in [0.29, 0.717) is 6.54 Å². The van der Waals surface area contributed by atoms with Crippen molar-refractivity contribution in [3.05, 3.63) is 16.3 Å². The van der Waals surface area contributed by atoms with Crippen LogP contribution in [0.15, 0.2) is 6.20 Å². The monoisotopic (exact) mass is 238 g/mol. The molecule has 0 spiro atoms. The molecule has 0 radical (unpaired) electrons. The number of nitrogens with two attached hydrogens (primary N) is 1. The van der Waals surface area contributed by atoms with E-state index in [1.165, 1.54) is 0 Å². The smallest absolute Gasteiger partial charge is 0.329 e. The second kappa shape index (κ2) is 4.20. The van der Waals surface area contributed by atoms with Gasteiger partial charge in [0.2, 0.25) is 17.7 Å². The molecule has 0 aliphatic carbocycles. The molecule has 9 nitrogen and oxygen atoms in total. The van der Waals surface area contributed by atoms with E-state index in [4.69, 9.17) is 5.73 Å². The predicted octanol–water partition coefficient (Wildman–Crippen LogP) is -0.733. The van der Waals surface area contributed by atoms with E-state index in [1.807, 2.05) is 0 Å². The first-order valence-corrected chi connectivity index (χ1v) is 4.86. The topological polar surface area (TPSA) is 136 Å². The summed E-state index contributed by atoms with van der Waals surface area (Å²) >= 11 is 0. The van der Waals surface area contributed by atoms with E-state index >= 15 is 0 Å². The molecular formula is C8H10N6O3. The Morgan fingerprint density at radius 2 is 2.41 bits per heavy atom. The number of nitro groups is 1. The van der Waals surface area contributed by atoms with Crippen molar-refractivity contribution in [3.63, 3.8) is 0 Å². The number of aromatic nitrogens is 2. The lowest BCUT2D eigenvalue weighted by Crippen LogP contribution is -2.23. The number of amides is 1. The normalized spacial score (nSPS) is 18.8. The van der Waals surface area contributed by atoms with Gasteiger partial charge in [-0.05, 0) is 0 Å². The molecule has 0 bridgehead atoms. The van der Waals surface area contributed by atoms with Gasteiger partial charge in [-0.25, -0.2) is 4.98 Å². The minimum Gasteiger partial charge on any atom is -0.368 e. The number of nitrogens with one attached hydrogen (secondary N) is 2. The highest BCUT2D eigenvalue weighted by molar-refractivity contribution is 5.79. The minimum atomic E-state index is -0.605. The third-order valence-electron chi connectivity index (χ3n) is 2.30. The van der Waals surface area contributed by atoms with Crippen LogP contribution < -0.4 is 16.4 Å². The molecule has 1 aromatic rings. The SMILES string of the molecule is Nc1ncc([N+](=O)[O-])c(NC2CNC(=O)C2)n1. The molecule has 9 heteroatoms. The molecular weight excluding hydrogens is 228 g/mol. The standard InChI is InChI=1S/C8H10N6O3/c9-8-11-3-5(14(16)17)7(13-8)12-4-1-6(15)10-2-4/h3-4H,1-2H2,(H,10,15)(H3,9,11,12,13). The van der Waals surface area contributed by atoms with Crippen molar-refractivity contribution in [3.8, 4) is 0 Å². The Bertz CT molecular complexity index is 476. The number of carbonyl (C=O) groups excluding carboxylic acids is 1. The molecule has 2 rings (SSSR count). The van der Waals surface area contributed by atoms with Gasteiger partial charge in [0.1, 0.15) is 6.20 Å². The number of carbonyl (C=O) groups is 1. The van der Waals surface area contributed by atoms with Crippen LogP contribution in [-0.4, -0.2) is 33.4 Å². The summed E-state index contributed by atoms with van der Waals surface area (Å²) in [6.45, 7) is 0.403. The van der Waals surface area contributed by atoms with Crippen molar-refractivity contribution < 1.29 is 9.72 Å². The van der Waals surface area contributed by atoms with Crippen LogP contribution in [0.4, 0.5) is 17.5 Å². The molecule has 0 aromatic carbocycles. The minimum absolute atomic E-state index is 0.0315. The number of nitrogens with zero attached hydrogens (tertiary/aromatic N) is 3. The van der Waals surface area contributed by atoms with E-state index in [-0.39, 0.29) is 35.8 Å². The van der Waals surface area contributed by atoms with Crippen molar-refractivity contribution in [2.45, 2.75) is 12.5 Å². The maximum absolute atomic E-state index is 11.0. The van der Waals surface area contributed by atoms with Crippen LogP contribution in [0, 0.1) is 10.1 Å². The summed E-state index contributed by atoms with van der Waals surface area (Å²) in [5, 5.41) is 16.1. The van der Waals surface area contributed by atoms with Crippen molar-refractivity contribution >= 4 is 23.4 Å². The van der Waals surface area contributed by atoms with Gasteiger partial charge in [-0.3, -0.25) is 14.9 Å². The average Bonchev–Trinajstić information content (AvgIpc) is 2.63. The third-order valence-corrected chi connectivity index (χ3v) is 2.30. The average molecular weight is 238 g/mol. The van der Waals surface area contributed by atoms with Gasteiger partial charge in [-0.1, -0.05) is 0 Å². The van der Waals surface area contributed by atoms with Crippen molar-refractivity contribution in [2.75, 3.05) is 17.6 Å². The molecule has 1 aromatic heterocycles. The van der Waals surface area contributed by atoms with Gasteiger partial charge in [0.15, 0.2) is 0 Å². The van der Waals surface area contributed by atoms with Gasteiger partial charge < -0.3 is 16.4 Å². The fourth-order valence-electron chi connectivity index (χ4n) is 1.53. The van der Waals surface area contributed by atoms with E-state index in [9.17, 15) is 14.9 Å². The van der Waals surface area contributed by atoms with E-state index in [0.717, 1.165) is 6.20 Å². The third kappa shape index (κ3) is 2.38. The summed E-state index contributed by atoms with van der Waals surface area (Å²) in [6, 6.07) is -0.226. The lowest BCUT2D eigenvalue weighted by Gasteiger charge is -2.10. The number of nitrogen functional groups attached to an aromatic ring is 1. The van der Waals surface area contributed by atoms with E-state index in [1.54, 1.807) is 0 Å². The first kappa shape index (κ1) is 11.0. The Morgan fingerprint density at radius 1 is 1.65 bits per heavy atom. The zero-order valence-electron chi connectivity index (χ0n) is 8.71. The highest BCUT2D eigenvalue weighted by atomic mass is 16.6. The van der Waals surface area contributed by atoms with Crippen LogP contribution in [-0.2, 0) is 4.79 Å². The van der Waals surface area contributed by atoms with Gasteiger partial charge in [0, 0.05) is 13.0 Å². The van der Waals surface area contributed by atoms with Crippen LogP contribution in [0.25, 0.3) is 0 Å². The van der Waals surface area contributed by atoms with Crippen LogP contribution in [0.5, 0.6) is 0 Å². The number of hydrogen-bond acceptors (Lipinski definition) is 7. The van der Waals surface area contributed by atoms with Gasteiger partial charge >= 0.3 is 5.69 Å². The Balaban J connectivity index is 2.21. The molecule has 1 saturated heterocycles. The second-order valence-corrected chi connectivity index (χ2v) is 3.57. The largest absolute Gasteiger partial charge is 0.368 e. The van der Waals surface area contributed by atoms with Crippen molar-refractivity contribution in [1.82, 2.24) is 15.3 Å². The second-order valence-electron chi connectivity index (χ2n) is 3.57. The van der Waals surface area contributed by atoms with Gasteiger partial charge in [0.25, 0.3) is 0 Å². The summed E-state index contributed by atoms with van der Waals surface area (Å²) in [5.41, 5.74) is 5.10.